The van der Waals surface area contributed by atoms with Gasteiger partial charge in [0.1, 0.15) is 0 Å². The van der Waals surface area contributed by atoms with Gasteiger partial charge in [-0.15, -0.1) is 6.42 Å². The molecular formula is C21H16. The van der Waals surface area contributed by atoms with Gasteiger partial charge in [-0.2, -0.15) is 0 Å². The van der Waals surface area contributed by atoms with Crippen molar-refractivity contribution in [3.8, 4) is 12.3 Å². The van der Waals surface area contributed by atoms with E-state index >= 15 is 0 Å². The third kappa shape index (κ3) is 2.88. The van der Waals surface area contributed by atoms with Crippen LogP contribution in [0.15, 0.2) is 84.9 Å². The summed E-state index contributed by atoms with van der Waals surface area (Å²) in [7, 11) is 0. The summed E-state index contributed by atoms with van der Waals surface area (Å²) in [6.45, 7) is 0. The Kier molecular flexibility index (Phi) is 3.85. The lowest BCUT2D eigenvalue weighted by atomic mass is 9.85. The molecule has 100 valence electrons. The topological polar surface area (TPSA) is 0 Å². The van der Waals surface area contributed by atoms with Gasteiger partial charge in [0, 0.05) is 11.5 Å². The average Bonchev–Trinajstić information content (AvgIpc) is 2.58. The minimum Gasteiger partial charge on any atom is -0.115 e. The van der Waals surface area contributed by atoms with E-state index in [-0.39, 0.29) is 5.92 Å². The third-order valence-corrected chi connectivity index (χ3v) is 3.68. The molecule has 3 rings (SSSR count). The molecule has 0 heterocycles. The van der Waals surface area contributed by atoms with Crippen LogP contribution in [0.25, 0.3) is 0 Å². The Labute approximate surface area is 126 Å². The highest BCUT2D eigenvalue weighted by Gasteiger charge is 2.15. The largest absolute Gasteiger partial charge is 0.115 e. The zero-order valence-corrected chi connectivity index (χ0v) is 11.7. The van der Waals surface area contributed by atoms with Crippen LogP contribution in [-0.4, -0.2) is 0 Å². The fourth-order valence-electron chi connectivity index (χ4n) is 2.64. The zero-order chi connectivity index (χ0) is 14.5. The Bertz CT molecular complexity index is 692. The van der Waals surface area contributed by atoms with E-state index in [1.165, 1.54) is 16.7 Å². The van der Waals surface area contributed by atoms with Crippen molar-refractivity contribution in [2.75, 3.05) is 0 Å². The lowest BCUT2D eigenvalue weighted by Gasteiger charge is -2.19. The summed E-state index contributed by atoms with van der Waals surface area (Å²) in [5.41, 5.74) is 4.75. The van der Waals surface area contributed by atoms with Crippen LogP contribution in [0.2, 0.25) is 0 Å². The number of rotatable bonds is 3. The van der Waals surface area contributed by atoms with Gasteiger partial charge in [-0.1, -0.05) is 78.7 Å². The maximum absolute atomic E-state index is 5.45. The quantitative estimate of drug-likeness (QED) is 0.470. The van der Waals surface area contributed by atoms with Gasteiger partial charge in [0.15, 0.2) is 0 Å². The van der Waals surface area contributed by atoms with Crippen molar-refractivity contribution in [2.24, 2.45) is 0 Å². The van der Waals surface area contributed by atoms with Crippen molar-refractivity contribution in [3.63, 3.8) is 0 Å². The Morgan fingerprint density at radius 2 is 1.00 bits per heavy atom. The summed E-state index contributed by atoms with van der Waals surface area (Å²) in [5.74, 6) is 2.91. The molecule has 0 fully saturated rings. The van der Waals surface area contributed by atoms with E-state index in [1.54, 1.807) is 0 Å². The van der Waals surface area contributed by atoms with Crippen molar-refractivity contribution >= 4 is 0 Å². The molecular weight excluding hydrogens is 252 g/mol. The first-order valence-electron chi connectivity index (χ1n) is 7.05. The lowest BCUT2D eigenvalue weighted by molar-refractivity contribution is 0.977. The molecule has 0 nitrogen and oxygen atoms in total. The number of hydrogen-bond donors (Lipinski definition) is 0. The van der Waals surface area contributed by atoms with E-state index in [0.717, 1.165) is 5.56 Å². The van der Waals surface area contributed by atoms with Crippen LogP contribution in [0.1, 0.15) is 28.2 Å². The van der Waals surface area contributed by atoms with Gasteiger partial charge in [-0.25, -0.2) is 0 Å². The lowest BCUT2D eigenvalue weighted by Crippen LogP contribution is -2.03. The molecule has 0 aliphatic heterocycles. The highest BCUT2D eigenvalue weighted by atomic mass is 14.2. The number of benzene rings is 3. The maximum atomic E-state index is 5.45. The van der Waals surface area contributed by atoms with E-state index < -0.39 is 0 Å². The molecule has 3 aromatic rings. The standard InChI is InChI=1S/C21H16/c1-2-17-13-15-20(16-14-17)21(18-9-5-3-6-10-18)19-11-7-4-8-12-19/h1,3-16,21H. The second-order valence-electron chi connectivity index (χ2n) is 5.02. The summed E-state index contributed by atoms with van der Waals surface area (Å²) in [6.07, 6.45) is 5.45. The molecule has 0 saturated carbocycles. The smallest absolute Gasteiger partial charge is 0.0340 e. The first kappa shape index (κ1) is 13.2. The molecule has 0 aromatic heterocycles. The fraction of sp³-hybridized carbons (Fsp3) is 0.0476. The molecule has 0 amide bonds. The molecule has 21 heavy (non-hydrogen) atoms. The van der Waals surface area contributed by atoms with Crippen LogP contribution in [0.5, 0.6) is 0 Å². The van der Waals surface area contributed by atoms with Gasteiger partial charge in [-0.3, -0.25) is 0 Å². The highest BCUT2D eigenvalue weighted by Crippen LogP contribution is 2.31. The average molecular weight is 268 g/mol. The Hall–Kier alpha value is -2.78. The summed E-state index contributed by atoms with van der Waals surface area (Å²) in [4.78, 5) is 0. The Balaban J connectivity index is 2.10. The first-order chi connectivity index (χ1) is 10.4. The maximum Gasteiger partial charge on any atom is 0.0340 e. The van der Waals surface area contributed by atoms with E-state index in [0.29, 0.717) is 0 Å². The van der Waals surface area contributed by atoms with E-state index in [9.17, 15) is 0 Å². The predicted molar refractivity (Wildman–Crippen MR) is 88.2 cm³/mol. The molecule has 0 atom stereocenters. The third-order valence-electron chi connectivity index (χ3n) is 3.68. The monoisotopic (exact) mass is 268 g/mol. The predicted octanol–water partition coefficient (Wildman–Crippen LogP) is 4.85. The van der Waals surface area contributed by atoms with Crippen LogP contribution in [0, 0.1) is 12.3 Å². The molecule has 0 unspecified atom stereocenters. The second kappa shape index (κ2) is 6.11. The van der Waals surface area contributed by atoms with Crippen LogP contribution in [0.3, 0.4) is 0 Å². The van der Waals surface area contributed by atoms with Gasteiger partial charge < -0.3 is 0 Å². The molecule has 3 aromatic carbocycles. The van der Waals surface area contributed by atoms with Crippen molar-refractivity contribution in [2.45, 2.75) is 5.92 Å². The van der Waals surface area contributed by atoms with Crippen LogP contribution in [0.4, 0.5) is 0 Å². The summed E-state index contributed by atoms with van der Waals surface area (Å²) in [5, 5.41) is 0. The van der Waals surface area contributed by atoms with Crippen LogP contribution in [-0.2, 0) is 0 Å². The molecule has 0 aliphatic carbocycles. The van der Waals surface area contributed by atoms with Crippen LogP contribution >= 0.6 is 0 Å². The first-order valence-corrected chi connectivity index (χ1v) is 7.05. The summed E-state index contributed by atoms with van der Waals surface area (Å²) < 4.78 is 0. The van der Waals surface area contributed by atoms with Crippen molar-refractivity contribution in [3.05, 3.63) is 107 Å². The minimum absolute atomic E-state index is 0.235. The van der Waals surface area contributed by atoms with E-state index in [4.69, 9.17) is 6.42 Å². The Morgan fingerprint density at radius 3 is 1.43 bits per heavy atom. The normalized spacial score (nSPS) is 10.3. The van der Waals surface area contributed by atoms with Crippen molar-refractivity contribution < 1.29 is 0 Å². The summed E-state index contributed by atoms with van der Waals surface area (Å²) in [6, 6.07) is 29.4. The zero-order valence-electron chi connectivity index (χ0n) is 11.7. The second-order valence-corrected chi connectivity index (χ2v) is 5.02. The molecule has 0 radical (unpaired) electrons. The molecule has 0 N–H and O–H groups in total. The van der Waals surface area contributed by atoms with Gasteiger partial charge in [0.25, 0.3) is 0 Å². The van der Waals surface area contributed by atoms with Gasteiger partial charge in [-0.05, 0) is 28.8 Å². The van der Waals surface area contributed by atoms with E-state index in [1.807, 2.05) is 24.3 Å². The van der Waals surface area contributed by atoms with Crippen molar-refractivity contribution in [1.29, 1.82) is 0 Å². The van der Waals surface area contributed by atoms with E-state index in [2.05, 4.69) is 66.6 Å². The molecule has 0 spiro atoms. The molecule has 0 heteroatoms. The van der Waals surface area contributed by atoms with Gasteiger partial charge in [0.2, 0.25) is 0 Å². The summed E-state index contributed by atoms with van der Waals surface area (Å²) >= 11 is 0. The SMILES string of the molecule is C#Cc1ccc(C(c2ccccc2)c2ccccc2)cc1. The number of terminal acetylenes is 1. The highest BCUT2D eigenvalue weighted by molar-refractivity contribution is 5.45. The van der Waals surface area contributed by atoms with Gasteiger partial charge >= 0.3 is 0 Å². The molecule has 0 bridgehead atoms. The molecule has 0 aliphatic rings. The molecule has 0 saturated heterocycles. The van der Waals surface area contributed by atoms with Gasteiger partial charge in [0.05, 0.1) is 0 Å². The Morgan fingerprint density at radius 1 is 0.571 bits per heavy atom. The van der Waals surface area contributed by atoms with Crippen molar-refractivity contribution in [1.82, 2.24) is 0 Å². The minimum atomic E-state index is 0.235. The number of hydrogen-bond acceptors (Lipinski definition) is 0. The fourth-order valence-corrected chi connectivity index (χ4v) is 2.64. The van der Waals surface area contributed by atoms with Crippen LogP contribution < -0.4 is 0 Å².